The fourth-order valence-corrected chi connectivity index (χ4v) is 1.99. The van der Waals surface area contributed by atoms with Gasteiger partial charge < -0.3 is 4.74 Å². The van der Waals surface area contributed by atoms with Crippen molar-refractivity contribution in [2.75, 3.05) is 0 Å². The van der Waals surface area contributed by atoms with Crippen LogP contribution in [0.1, 0.15) is 16.8 Å². The van der Waals surface area contributed by atoms with Gasteiger partial charge in [0.2, 0.25) is 0 Å². The van der Waals surface area contributed by atoms with E-state index in [9.17, 15) is 0 Å². The second kappa shape index (κ2) is 5.32. The fraction of sp³-hybridized carbons (Fsp3) is 0.214. The molecule has 0 unspecified atom stereocenters. The maximum atomic E-state index is 5.82. The van der Waals surface area contributed by atoms with Crippen molar-refractivity contribution in [3.05, 3.63) is 53.3 Å². The topological polar surface area (TPSA) is 22.1 Å². The minimum atomic E-state index is 0.765. The van der Waals surface area contributed by atoms with Crippen LogP contribution in [0, 0.1) is 13.8 Å². The molecule has 88 valence electrons. The Morgan fingerprint density at radius 1 is 1.18 bits per heavy atom. The first kappa shape index (κ1) is 12.1. The minimum Gasteiger partial charge on any atom is -0.455 e. The number of halogens is 1. The van der Waals surface area contributed by atoms with Crippen LogP contribution in [-0.2, 0) is 5.33 Å². The molecule has 3 heteroatoms. The number of aromatic nitrogens is 1. The van der Waals surface area contributed by atoms with E-state index in [1.165, 1.54) is 5.56 Å². The summed E-state index contributed by atoms with van der Waals surface area (Å²) in [6, 6.07) is 10.0. The number of pyridine rings is 1. The van der Waals surface area contributed by atoms with E-state index in [0.717, 1.165) is 28.1 Å². The molecule has 0 bridgehead atoms. The Labute approximate surface area is 110 Å². The van der Waals surface area contributed by atoms with E-state index in [4.69, 9.17) is 4.74 Å². The van der Waals surface area contributed by atoms with Crippen molar-refractivity contribution in [2.24, 2.45) is 0 Å². The standard InChI is InChI=1S/C14H14BrNO/c1-10-3-6-14(12(7-10)8-15)17-13-5-4-11(2)16-9-13/h3-7,9H,8H2,1-2H3. The monoisotopic (exact) mass is 291 g/mol. The van der Waals surface area contributed by atoms with E-state index in [1.54, 1.807) is 6.20 Å². The number of benzene rings is 1. The second-order valence-electron chi connectivity index (χ2n) is 3.98. The molecule has 2 nitrogen and oxygen atoms in total. The van der Waals surface area contributed by atoms with Crippen molar-refractivity contribution in [2.45, 2.75) is 19.2 Å². The summed E-state index contributed by atoms with van der Waals surface area (Å²) in [5, 5.41) is 0.781. The molecule has 2 aromatic rings. The Hall–Kier alpha value is -1.35. The Bertz CT molecular complexity index is 508. The quantitative estimate of drug-likeness (QED) is 0.783. The summed E-state index contributed by atoms with van der Waals surface area (Å²) in [7, 11) is 0. The van der Waals surface area contributed by atoms with E-state index in [0.29, 0.717) is 0 Å². The summed E-state index contributed by atoms with van der Waals surface area (Å²) in [5.41, 5.74) is 3.36. The number of aryl methyl sites for hydroxylation is 2. The van der Waals surface area contributed by atoms with Crippen LogP contribution in [0.4, 0.5) is 0 Å². The molecule has 1 aromatic heterocycles. The summed E-state index contributed by atoms with van der Waals surface area (Å²) in [6.07, 6.45) is 1.74. The number of rotatable bonds is 3. The Morgan fingerprint density at radius 3 is 2.65 bits per heavy atom. The molecule has 0 atom stereocenters. The van der Waals surface area contributed by atoms with Crippen LogP contribution in [0.5, 0.6) is 11.5 Å². The smallest absolute Gasteiger partial charge is 0.145 e. The lowest BCUT2D eigenvalue weighted by molar-refractivity contribution is 0.476. The summed E-state index contributed by atoms with van der Waals surface area (Å²) in [6.45, 7) is 4.03. The van der Waals surface area contributed by atoms with Crippen LogP contribution < -0.4 is 4.74 Å². The molecule has 0 spiro atoms. The Balaban J connectivity index is 2.26. The van der Waals surface area contributed by atoms with Crippen LogP contribution in [0.25, 0.3) is 0 Å². The van der Waals surface area contributed by atoms with Gasteiger partial charge in [-0.1, -0.05) is 33.6 Å². The van der Waals surface area contributed by atoms with Crippen LogP contribution in [0.2, 0.25) is 0 Å². The highest BCUT2D eigenvalue weighted by Gasteiger charge is 2.04. The van der Waals surface area contributed by atoms with Crippen molar-refractivity contribution in [3.63, 3.8) is 0 Å². The number of hydrogen-bond donors (Lipinski definition) is 0. The molecular formula is C14H14BrNO. The average Bonchev–Trinajstić information content (AvgIpc) is 2.34. The molecule has 0 saturated heterocycles. The van der Waals surface area contributed by atoms with E-state index in [2.05, 4.69) is 33.9 Å². The van der Waals surface area contributed by atoms with Gasteiger partial charge in [0.1, 0.15) is 11.5 Å². The summed E-state index contributed by atoms with van der Waals surface area (Å²) in [5.74, 6) is 1.64. The molecule has 0 aliphatic rings. The van der Waals surface area contributed by atoms with Gasteiger partial charge >= 0.3 is 0 Å². The minimum absolute atomic E-state index is 0.765. The first-order chi connectivity index (χ1) is 8.19. The highest BCUT2D eigenvalue weighted by Crippen LogP contribution is 2.27. The first-order valence-corrected chi connectivity index (χ1v) is 6.57. The van der Waals surface area contributed by atoms with Gasteiger partial charge in [0, 0.05) is 16.6 Å². The third-order valence-corrected chi connectivity index (χ3v) is 3.08. The molecule has 0 fully saturated rings. The van der Waals surface area contributed by atoms with Gasteiger partial charge in [0.05, 0.1) is 6.20 Å². The van der Waals surface area contributed by atoms with Crippen LogP contribution in [0.15, 0.2) is 36.5 Å². The molecule has 0 aliphatic heterocycles. The zero-order valence-electron chi connectivity index (χ0n) is 9.90. The van der Waals surface area contributed by atoms with E-state index in [1.807, 2.05) is 31.2 Å². The van der Waals surface area contributed by atoms with Gasteiger partial charge in [-0.25, -0.2) is 0 Å². The number of ether oxygens (including phenoxy) is 1. The first-order valence-electron chi connectivity index (χ1n) is 5.45. The zero-order chi connectivity index (χ0) is 12.3. The van der Waals surface area contributed by atoms with E-state index < -0.39 is 0 Å². The molecule has 1 heterocycles. The van der Waals surface area contributed by atoms with Crippen LogP contribution >= 0.6 is 15.9 Å². The van der Waals surface area contributed by atoms with Gasteiger partial charge in [-0.05, 0) is 32.0 Å². The molecule has 0 radical (unpaired) electrons. The van der Waals surface area contributed by atoms with Gasteiger partial charge in [0.25, 0.3) is 0 Å². The third-order valence-electron chi connectivity index (χ3n) is 2.47. The highest BCUT2D eigenvalue weighted by atomic mass is 79.9. The second-order valence-corrected chi connectivity index (χ2v) is 4.54. The van der Waals surface area contributed by atoms with Crippen LogP contribution in [0.3, 0.4) is 0 Å². The van der Waals surface area contributed by atoms with Gasteiger partial charge in [-0.3, -0.25) is 4.98 Å². The molecule has 0 saturated carbocycles. The van der Waals surface area contributed by atoms with Gasteiger partial charge in [-0.15, -0.1) is 0 Å². The molecule has 2 rings (SSSR count). The van der Waals surface area contributed by atoms with Crippen LogP contribution in [-0.4, -0.2) is 4.98 Å². The van der Waals surface area contributed by atoms with Crippen molar-refractivity contribution in [1.82, 2.24) is 4.98 Å². The van der Waals surface area contributed by atoms with Crippen molar-refractivity contribution >= 4 is 15.9 Å². The predicted molar refractivity (Wildman–Crippen MR) is 72.9 cm³/mol. The van der Waals surface area contributed by atoms with Crippen molar-refractivity contribution in [3.8, 4) is 11.5 Å². The maximum absolute atomic E-state index is 5.82. The number of hydrogen-bond acceptors (Lipinski definition) is 2. The summed E-state index contributed by atoms with van der Waals surface area (Å²) in [4.78, 5) is 4.21. The Kier molecular flexibility index (Phi) is 3.79. The average molecular weight is 292 g/mol. The third kappa shape index (κ3) is 3.07. The fourth-order valence-electron chi connectivity index (χ4n) is 1.55. The van der Waals surface area contributed by atoms with Gasteiger partial charge in [-0.2, -0.15) is 0 Å². The summed E-state index contributed by atoms with van der Waals surface area (Å²) < 4.78 is 5.82. The molecule has 0 aliphatic carbocycles. The predicted octanol–water partition coefficient (Wildman–Crippen LogP) is 4.39. The lowest BCUT2D eigenvalue weighted by atomic mass is 10.1. The van der Waals surface area contributed by atoms with Crippen molar-refractivity contribution < 1.29 is 4.74 Å². The van der Waals surface area contributed by atoms with E-state index >= 15 is 0 Å². The molecule has 1 aromatic carbocycles. The number of alkyl halides is 1. The lowest BCUT2D eigenvalue weighted by Gasteiger charge is -2.10. The van der Waals surface area contributed by atoms with E-state index in [-0.39, 0.29) is 0 Å². The molecular weight excluding hydrogens is 278 g/mol. The Morgan fingerprint density at radius 2 is 2.00 bits per heavy atom. The SMILES string of the molecule is Cc1ccc(Oc2ccc(C)nc2)c(CBr)c1. The number of nitrogens with zero attached hydrogens (tertiary/aromatic N) is 1. The molecule has 0 amide bonds. The van der Waals surface area contributed by atoms with Crippen molar-refractivity contribution in [1.29, 1.82) is 0 Å². The maximum Gasteiger partial charge on any atom is 0.145 e. The van der Waals surface area contributed by atoms with Gasteiger partial charge in [0.15, 0.2) is 0 Å². The summed E-state index contributed by atoms with van der Waals surface area (Å²) >= 11 is 3.47. The lowest BCUT2D eigenvalue weighted by Crippen LogP contribution is -1.91. The normalized spacial score (nSPS) is 10.3. The highest BCUT2D eigenvalue weighted by molar-refractivity contribution is 9.08. The largest absolute Gasteiger partial charge is 0.455 e. The molecule has 0 N–H and O–H groups in total. The zero-order valence-corrected chi connectivity index (χ0v) is 11.5. The molecule has 17 heavy (non-hydrogen) atoms.